The Bertz CT molecular complexity index is 434. The van der Waals surface area contributed by atoms with Crippen molar-refractivity contribution in [3.8, 4) is 0 Å². The molecule has 0 aliphatic carbocycles. The Kier molecular flexibility index (Phi) is 3.71. The van der Waals surface area contributed by atoms with Gasteiger partial charge in [-0.3, -0.25) is 4.79 Å². The Morgan fingerprint density at radius 1 is 1.33 bits per heavy atom. The van der Waals surface area contributed by atoms with Crippen molar-refractivity contribution >= 4 is 5.91 Å². The second kappa shape index (κ2) is 5.11. The van der Waals surface area contributed by atoms with Crippen molar-refractivity contribution in [3.05, 3.63) is 35.4 Å². The van der Waals surface area contributed by atoms with E-state index in [-0.39, 0.29) is 11.3 Å². The number of piperidine rings is 1. The molecule has 2 N–H and O–H groups in total. The highest BCUT2D eigenvalue weighted by Crippen LogP contribution is 2.30. The van der Waals surface area contributed by atoms with Gasteiger partial charge in [-0.05, 0) is 43.4 Å². The fourth-order valence-corrected chi connectivity index (χ4v) is 2.44. The number of carbonyl (C=O) groups is 1. The maximum atomic E-state index is 12.4. The summed E-state index contributed by atoms with van der Waals surface area (Å²) in [5.41, 5.74) is 7.88. The number of nitrogens with zero attached hydrogens (tertiary/aromatic N) is 1. The second-order valence-corrected chi connectivity index (χ2v) is 5.62. The molecular formula is C15H22N2O. The molecule has 98 valence electrons. The highest BCUT2D eigenvalue weighted by atomic mass is 16.2. The van der Waals surface area contributed by atoms with Gasteiger partial charge in [0.2, 0.25) is 0 Å². The zero-order valence-corrected chi connectivity index (χ0v) is 11.3. The summed E-state index contributed by atoms with van der Waals surface area (Å²) in [6.45, 7) is 6.55. The molecule has 2 rings (SSSR count). The highest BCUT2D eigenvalue weighted by Gasteiger charge is 2.31. The van der Waals surface area contributed by atoms with E-state index < -0.39 is 0 Å². The molecule has 0 aromatic heterocycles. The van der Waals surface area contributed by atoms with Crippen LogP contribution in [0.25, 0.3) is 0 Å². The number of likely N-dealkylation sites (tertiary alicyclic amines) is 1. The quantitative estimate of drug-likeness (QED) is 0.869. The Labute approximate surface area is 109 Å². The molecule has 0 unspecified atom stereocenters. The molecule has 1 aromatic carbocycles. The molecule has 1 aliphatic heterocycles. The molecule has 18 heavy (non-hydrogen) atoms. The molecule has 0 saturated carbocycles. The third-order valence-corrected chi connectivity index (χ3v) is 4.13. The number of nitrogens with two attached hydrogens (primary N) is 1. The Balaban J connectivity index is 2.07. The first-order chi connectivity index (χ1) is 8.56. The summed E-state index contributed by atoms with van der Waals surface area (Å²) in [5, 5.41) is 0. The summed E-state index contributed by atoms with van der Waals surface area (Å²) < 4.78 is 0. The summed E-state index contributed by atoms with van der Waals surface area (Å²) in [5.74, 6) is 0.159. The van der Waals surface area contributed by atoms with Crippen LogP contribution in [0.2, 0.25) is 0 Å². The monoisotopic (exact) mass is 246 g/mol. The third-order valence-electron chi connectivity index (χ3n) is 4.13. The Morgan fingerprint density at radius 3 is 2.50 bits per heavy atom. The van der Waals surface area contributed by atoms with E-state index in [2.05, 4.69) is 6.92 Å². The van der Waals surface area contributed by atoms with Crippen LogP contribution in [0.4, 0.5) is 0 Å². The fraction of sp³-hybridized carbons (Fsp3) is 0.533. The summed E-state index contributed by atoms with van der Waals surface area (Å²) >= 11 is 0. The normalized spacial score (nSPS) is 18.7. The number of hydrogen-bond acceptors (Lipinski definition) is 2. The first-order valence-electron chi connectivity index (χ1n) is 6.61. The summed E-state index contributed by atoms with van der Waals surface area (Å²) in [6, 6.07) is 7.79. The predicted molar refractivity (Wildman–Crippen MR) is 73.5 cm³/mol. The van der Waals surface area contributed by atoms with Gasteiger partial charge in [0.05, 0.1) is 0 Å². The second-order valence-electron chi connectivity index (χ2n) is 5.62. The van der Waals surface area contributed by atoms with E-state index in [0.717, 1.165) is 37.1 Å². The largest absolute Gasteiger partial charge is 0.339 e. The van der Waals surface area contributed by atoms with Crippen LogP contribution < -0.4 is 5.73 Å². The summed E-state index contributed by atoms with van der Waals surface area (Å²) in [4.78, 5) is 14.4. The molecule has 1 fully saturated rings. The van der Waals surface area contributed by atoms with E-state index in [1.165, 1.54) is 0 Å². The van der Waals surface area contributed by atoms with E-state index in [1.54, 1.807) is 0 Å². The van der Waals surface area contributed by atoms with Crippen LogP contribution >= 0.6 is 0 Å². The zero-order chi connectivity index (χ0) is 13.2. The van der Waals surface area contributed by atoms with E-state index >= 15 is 0 Å². The average Bonchev–Trinajstić information content (AvgIpc) is 2.39. The van der Waals surface area contributed by atoms with Crippen molar-refractivity contribution < 1.29 is 4.79 Å². The lowest BCUT2D eigenvalue weighted by atomic mass is 9.80. The molecule has 3 nitrogen and oxygen atoms in total. The lowest BCUT2D eigenvalue weighted by molar-refractivity contribution is 0.0617. The van der Waals surface area contributed by atoms with Crippen molar-refractivity contribution in [1.29, 1.82) is 0 Å². The molecule has 0 bridgehead atoms. The first kappa shape index (κ1) is 13.1. The van der Waals surface area contributed by atoms with Gasteiger partial charge in [0.1, 0.15) is 0 Å². The molecule has 0 spiro atoms. The van der Waals surface area contributed by atoms with Gasteiger partial charge in [-0.1, -0.05) is 25.1 Å². The predicted octanol–water partition coefficient (Wildman–Crippen LogP) is 2.20. The van der Waals surface area contributed by atoms with E-state index in [4.69, 9.17) is 5.73 Å². The summed E-state index contributed by atoms with van der Waals surface area (Å²) in [6.07, 6.45) is 2.00. The van der Waals surface area contributed by atoms with Crippen LogP contribution in [0.3, 0.4) is 0 Å². The Hall–Kier alpha value is -1.35. The van der Waals surface area contributed by atoms with Gasteiger partial charge < -0.3 is 10.6 Å². The standard InChI is InChI=1S/C15H22N2O/c1-12-5-3-4-6-13(12)14(18)17-9-7-15(2,11-16)8-10-17/h3-6H,7-11,16H2,1-2H3. The van der Waals surface area contributed by atoms with Crippen LogP contribution in [-0.2, 0) is 0 Å². The fourth-order valence-electron chi connectivity index (χ4n) is 2.44. The highest BCUT2D eigenvalue weighted by molar-refractivity contribution is 5.95. The summed E-state index contributed by atoms with van der Waals surface area (Å²) in [7, 11) is 0. The molecule has 0 radical (unpaired) electrons. The van der Waals surface area contributed by atoms with Crippen LogP contribution in [0.1, 0.15) is 35.7 Å². The van der Waals surface area contributed by atoms with Crippen molar-refractivity contribution in [2.45, 2.75) is 26.7 Å². The number of carbonyl (C=O) groups excluding carboxylic acids is 1. The van der Waals surface area contributed by atoms with Crippen LogP contribution in [0.5, 0.6) is 0 Å². The Morgan fingerprint density at radius 2 is 1.94 bits per heavy atom. The van der Waals surface area contributed by atoms with Crippen molar-refractivity contribution in [3.63, 3.8) is 0 Å². The van der Waals surface area contributed by atoms with Gasteiger partial charge in [0.25, 0.3) is 5.91 Å². The van der Waals surface area contributed by atoms with Crippen LogP contribution in [0.15, 0.2) is 24.3 Å². The van der Waals surface area contributed by atoms with Crippen LogP contribution in [0, 0.1) is 12.3 Å². The number of aryl methyl sites for hydroxylation is 1. The van der Waals surface area contributed by atoms with Gasteiger partial charge in [-0.2, -0.15) is 0 Å². The van der Waals surface area contributed by atoms with Crippen molar-refractivity contribution in [2.75, 3.05) is 19.6 Å². The minimum absolute atomic E-state index is 0.159. The molecule has 1 aliphatic rings. The average molecular weight is 246 g/mol. The molecular weight excluding hydrogens is 224 g/mol. The molecule has 1 aromatic rings. The lowest BCUT2D eigenvalue weighted by Gasteiger charge is -2.38. The topological polar surface area (TPSA) is 46.3 Å². The van der Waals surface area contributed by atoms with E-state index in [9.17, 15) is 4.79 Å². The number of rotatable bonds is 2. The maximum Gasteiger partial charge on any atom is 0.254 e. The zero-order valence-electron chi connectivity index (χ0n) is 11.3. The number of benzene rings is 1. The van der Waals surface area contributed by atoms with Crippen molar-refractivity contribution in [1.82, 2.24) is 4.90 Å². The number of hydrogen-bond donors (Lipinski definition) is 1. The SMILES string of the molecule is Cc1ccccc1C(=O)N1CCC(C)(CN)CC1. The van der Waals surface area contributed by atoms with Gasteiger partial charge in [0.15, 0.2) is 0 Å². The minimum Gasteiger partial charge on any atom is -0.339 e. The molecule has 3 heteroatoms. The van der Waals surface area contributed by atoms with Gasteiger partial charge in [-0.25, -0.2) is 0 Å². The molecule has 1 heterocycles. The number of amides is 1. The molecule has 0 atom stereocenters. The first-order valence-corrected chi connectivity index (χ1v) is 6.61. The minimum atomic E-state index is 0.159. The lowest BCUT2D eigenvalue weighted by Crippen LogP contribution is -2.44. The van der Waals surface area contributed by atoms with Crippen LogP contribution in [-0.4, -0.2) is 30.4 Å². The molecule has 1 amide bonds. The maximum absolute atomic E-state index is 12.4. The van der Waals surface area contributed by atoms with E-state index in [1.807, 2.05) is 36.1 Å². The van der Waals surface area contributed by atoms with Gasteiger partial charge in [-0.15, -0.1) is 0 Å². The smallest absolute Gasteiger partial charge is 0.254 e. The van der Waals surface area contributed by atoms with Crippen molar-refractivity contribution in [2.24, 2.45) is 11.1 Å². The van der Waals surface area contributed by atoms with E-state index in [0.29, 0.717) is 6.54 Å². The molecule has 1 saturated heterocycles. The third kappa shape index (κ3) is 2.56. The van der Waals surface area contributed by atoms with Gasteiger partial charge >= 0.3 is 0 Å². The van der Waals surface area contributed by atoms with Gasteiger partial charge in [0, 0.05) is 18.7 Å².